The number of rotatable bonds is 4. The minimum absolute atomic E-state index is 0.0547. The van der Waals surface area contributed by atoms with Gasteiger partial charge in [-0.25, -0.2) is 0 Å². The van der Waals surface area contributed by atoms with Gasteiger partial charge in [-0.3, -0.25) is 4.79 Å². The van der Waals surface area contributed by atoms with E-state index in [1.807, 2.05) is 55.6 Å². The van der Waals surface area contributed by atoms with Gasteiger partial charge in [-0.05, 0) is 17.2 Å². The number of amides is 1. The second-order valence-electron chi connectivity index (χ2n) is 5.35. The highest BCUT2D eigenvalue weighted by atomic mass is 35.5. The lowest BCUT2D eigenvalue weighted by Crippen LogP contribution is -2.25. The zero-order valence-electron chi connectivity index (χ0n) is 12.7. The number of halogens is 1. The summed E-state index contributed by atoms with van der Waals surface area (Å²) in [4.78, 5) is 12.6. The van der Waals surface area contributed by atoms with E-state index < -0.39 is 0 Å². The van der Waals surface area contributed by atoms with Crippen LogP contribution in [-0.4, -0.2) is 15.6 Å². The zero-order chi connectivity index (χ0) is 16.4. The fraction of sp³-hybridized carbons (Fsp3) is 0.167. The molecule has 0 aliphatic rings. The molecule has 0 unspecified atom stereocenters. The largest absolute Gasteiger partial charge is 0.392 e. The summed E-state index contributed by atoms with van der Waals surface area (Å²) in [6, 6.07) is 15.1. The molecular weight excluding hydrogens is 312 g/mol. The number of para-hydroxylation sites is 1. The molecular formula is C18H17ClN2O2. The van der Waals surface area contributed by atoms with Crippen LogP contribution in [0.25, 0.3) is 10.9 Å². The highest BCUT2D eigenvalue weighted by Crippen LogP contribution is 2.29. The standard InChI is InChI=1S/C18H17ClN2O2/c1-21-15-9-5-4-8-14(15)16(19)17(21)18(23)20-10-12-6-2-3-7-13(12)11-22/h2-9,22H,10-11H2,1H3,(H,20,23). The lowest BCUT2D eigenvalue weighted by molar-refractivity contribution is 0.0943. The summed E-state index contributed by atoms with van der Waals surface area (Å²) in [5.74, 6) is -0.235. The number of fused-ring (bicyclic) bond motifs is 1. The van der Waals surface area contributed by atoms with Crippen molar-refractivity contribution >= 4 is 28.4 Å². The molecule has 118 valence electrons. The lowest BCUT2D eigenvalue weighted by atomic mass is 10.1. The van der Waals surface area contributed by atoms with Gasteiger partial charge in [0.05, 0.1) is 11.6 Å². The first-order valence-corrected chi connectivity index (χ1v) is 7.70. The summed E-state index contributed by atoms with van der Waals surface area (Å²) in [7, 11) is 1.82. The van der Waals surface area contributed by atoms with Gasteiger partial charge in [0.15, 0.2) is 0 Å². The average molecular weight is 329 g/mol. The van der Waals surface area contributed by atoms with Gasteiger partial charge in [0, 0.05) is 24.5 Å². The summed E-state index contributed by atoms with van der Waals surface area (Å²) < 4.78 is 1.80. The van der Waals surface area contributed by atoms with E-state index in [-0.39, 0.29) is 12.5 Å². The molecule has 0 saturated heterocycles. The molecule has 0 bridgehead atoms. The third kappa shape index (κ3) is 2.83. The Morgan fingerprint density at radius 1 is 1.13 bits per heavy atom. The van der Waals surface area contributed by atoms with Crippen LogP contribution in [0.3, 0.4) is 0 Å². The molecule has 0 saturated carbocycles. The minimum atomic E-state index is -0.235. The van der Waals surface area contributed by atoms with E-state index >= 15 is 0 Å². The molecule has 4 nitrogen and oxygen atoms in total. The number of hydrogen-bond donors (Lipinski definition) is 2. The van der Waals surface area contributed by atoms with E-state index in [0.717, 1.165) is 22.0 Å². The Kier molecular flexibility index (Phi) is 4.37. The number of aliphatic hydroxyl groups excluding tert-OH is 1. The topological polar surface area (TPSA) is 54.3 Å². The van der Waals surface area contributed by atoms with Crippen molar-refractivity contribution < 1.29 is 9.90 Å². The molecule has 1 aromatic heterocycles. The van der Waals surface area contributed by atoms with Crippen LogP contribution in [0.15, 0.2) is 48.5 Å². The van der Waals surface area contributed by atoms with Gasteiger partial charge in [-0.1, -0.05) is 54.1 Å². The molecule has 5 heteroatoms. The second kappa shape index (κ2) is 6.44. The van der Waals surface area contributed by atoms with Gasteiger partial charge in [0.2, 0.25) is 0 Å². The fourth-order valence-electron chi connectivity index (χ4n) is 2.74. The van der Waals surface area contributed by atoms with E-state index in [1.165, 1.54) is 0 Å². The number of nitrogens with zero attached hydrogens (tertiary/aromatic N) is 1. The van der Waals surface area contributed by atoms with Crippen molar-refractivity contribution in [1.82, 2.24) is 9.88 Å². The molecule has 0 fully saturated rings. The number of aromatic nitrogens is 1. The summed E-state index contributed by atoms with van der Waals surface area (Å²) >= 11 is 6.38. The van der Waals surface area contributed by atoms with Crippen LogP contribution in [0.4, 0.5) is 0 Å². The predicted octanol–water partition coefficient (Wildman–Crippen LogP) is 3.25. The number of aliphatic hydroxyl groups is 1. The fourth-order valence-corrected chi connectivity index (χ4v) is 3.11. The molecule has 1 heterocycles. The molecule has 0 aliphatic carbocycles. The summed E-state index contributed by atoms with van der Waals surface area (Å²) in [6.07, 6.45) is 0. The van der Waals surface area contributed by atoms with Crippen LogP contribution in [0.5, 0.6) is 0 Å². The lowest BCUT2D eigenvalue weighted by Gasteiger charge is -2.10. The molecule has 1 amide bonds. The number of hydrogen-bond acceptors (Lipinski definition) is 2. The Morgan fingerprint density at radius 3 is 2.48 bits per heavy atom. The van der Waals surface area contributed by atoms with Crippen LogP contribution >= 0.6 is 11.6 Å². The van der Waals surface area contributed by atoms with Crippen molar-refractivity contribution in [2.24, 2.45) is 7.05 Å². The first kappa shape index (κ1) is 15.6. The smallest absolute Gasteiger partial charge is 0.269 e. The second-order valence-corrected chi connectivity index (χ2v) is 5.73. The van der Waals surface area contributed by atoms with Gasteiger partial charge in [-0.2, -0.15) is 0 Å². The molecule has 0 spiro atoms. The normalized spacial score (nSPS) is 10.9. The molecule has 0 aliphatic heterocycles. The maximum atomic E-state index is 12.6. The highest BCUT2D eigenvalue weighted by Gasteiger charge is 2.19. The van der Waals surface area contributed by atoms with E-state index in [9.17, 15) is 9.90 Å². The third-order valence-electron chi connectivity index (χ3n) is 3.99. The van der Waals surface area contributed by atoms with E-state index in [2.05, 4.69) is 5.32 Å². The Bertz CT molecular complexity index is 832. The van der Waals surface area contributed by atoms with E-state index in [0.29, 0.717) is 17.3 Å². The number of carbonyl (C=O) groups excluding carboxylic acids is 1. The molecule has 23 heavy (non-hydrogen) atoms. The number of benzene rings is 2. The molecule has 0 atom stereocenters. The van der Waals surface area contributed by atoms with Gasteiger partial charge < -0.3 is 15.0 Å². The van der Waals surface area contributed by atoms with Crippen LogP contribution in [0.1, 0.15) is 21.6 Å². The Morgan fingerprint density at radius 2 is 1.78 bits per heavy atom. The van der Waals surface area contributed by atoms with Gasteiger partial charge in [0.25, 0.3) is 5.91 Å². The van der Waals surface area contributed by atoms with Gasteiger partial charge >= 0.3 is 0 Å². The predicted molar refractivity (Wildman–Crippen MR) is 91.5 cm³/mol. The van der Waals surface area contributed by atoms with Crippen molar-refractivity contribution in [1.29, 1.82) is 0 Å². The van der Waals surface area contributed by atoms with Crippen molar-refractivity contribution in [2.45, 2.75) is 13.2 Å². The zero-order valence-corrected chi connectivity index (χ0v) is 13.5. The quantitative estimate of drug-likeness (QED) is 0.772. The SMILES string of the molecule is Cn1c(C(=O)NCc2ccccc2CO)c(Cl)c2ccccc21. The Hall–Kier alpha value is -2.30. The Balaban J connectivity index is 1.87. The molecule has 2 aromatic carbocycles. The monoisotopic (exact) mass is 328 g/mol. The summed E-state index contributed by atoms with van der Waals surface area (Å²) in [5, 5.41) is 13.5. The first-order valence-electron chi connectivity index (χ1n) is 7.32. The molecule has 2 N–H and O–H groups in total. The van der Waals surface area contributed by atoms with Crippen LogP contribution in [-0.2, 0) is 20.2 Å². The Labute approximate surface area is 139 Å². The van der Waals surface area contributed by atoms with Crippen LogP contribution < -0.4 is 5.32 Å². The average Bonchev–Trinajstić information content (AvgIpc) is 2.84. The van der Waals surface area contributed by atoms with Crippen molar-refractivity contribution in [2.75, 3.05) is 0 Å². The maximum absolute atomic E-state index is 12.6. The van der Waals surface area contributed by atoms with Crippen LogP contribution in [0.2, 0.25) is 5.02 Å². The summed E-state index contributed by atoms with van der Waals surface area (Å²) in [5.41, 5.74) is 3.04. The number of aryl methyl sites for hydroxylation is 1. The highest BCUT2D eigenvalue weighted by molar-refractivity contribution is 6.38. The van der Waals surface area contributed by atoms with Crippen LogP contribution in [0, 0.1) is 0 Å². The minimum Gasteiger partial charge on any atom is -0.392 e. The number of nitrogens with one attached hydrogen (secondary N) is 1. The third-order valence-corrected chi connectivity index (χ3v) is 4.37. The van der Waals surface area contributed by atoms with Gasteiger partial charge in [0.1, 0.15) is 5.69 Å². The molecule has 3 rings (SSSR count). The molecule has 0 radical (unpaired) electrons. The van der Waals surface area contributed by atoms with Crippen molar-refractivity contribution in [3.63, 3.8) is 0 Å². The van der Waals surface area contributed by atoms with Crippen molar-refractivity contribution in [3.05, 3.63) is 70.4 Å². The maximum Gasteiger partial charge on any atom is 0.269 e. The van der Waals surface area contributed by atoms with E-state index in [4.69, 9.17) is 11.6 Å². The van der Waals surface area contributed by atoms with Crippen molar-refractivity contribution in [3.8, 4) is 0 Å². The van der Waals surface area contributed by atoms with Gasteiger partial charge in [-0.15, -0.1) is 0 Å². The first-order chi connectivity index (χ1) is 11.1. The molecule has 3 aromatic rings. The van der Waals surface area contributed by atoms with E-state index in [1.54, 1.807) is 4.57 Å². The number of carbonyl (C=O) groups is 1. The summed E-state index contributed by atoms with van der Waals surface area (Å²) in [6.45, 7) is 0.286.